The Kier molecular flexibility index (Phi) is 6.36. The van der Waals surface area contributed by atoms with Crippen molar-refractivity contribution in [3.05, 3.63) is 18.0 Å². The van der Waals surface area contributed by atoms with Crippen LogP contribution in [-0.4, -0.2) is 55.4 Å². The van der Waals surface area contributed by atoms with E-state index in [2.05, 4.69) is 20.6 Å². The van der Waals surface area contributed by atoms with Gasteiger partial charge in [-0.1, -0.05) is 0 Å². The molecule has 2 rings (SSSR count). The molecular weight excluding hydrogens is 272 g/mol. The maximum atomic E-state index is 11.9. The predicted octanol–water partition coefficient (Wildman–Crippen LogP) is 0.834. The molecule has 0 saturated carbocycles. The fourth-order valence-corrected chi connectivity index (χ4v) is 2.07. The van der Waals surface area contributed by atoms with Crippen molar-refractivity contribution >= 4 is 11.9 Å². The maximum Gasteiger partial charge on any atom is 0.254 e. The molecule has 0 aromatic carbocycles. The summed E-state index contributed by atoms with van der Waals surface area (Å²) in [7, 11) is 1.67. The lowest BCUT2D eigenvalue weighted by Crippen LogP contribution is -2.31. The van der Waals surface area contributed by atoms with Crippen molar-refractivity contribution in [2.24, 2.45) is 0 Å². The Balaban J connectivity index is 1.73. The van der Waals surface area contributed by atoms with Crippen LogP contribution >= 0.6 is 0 Å². The molecule has 1 aliphatic heterocycles. The summed E-state index contributed by atoms with van der Waals surface area (Å²) in [5, 5.41) is 5.91. The van der Waals surface area contributed by atoms with Crippen LogP contribution in [0.1, 0.15) is 29.6 Å². The van der Waals surface area contributed by atoms with Crippen LogP contribution in [0.5, 0.6) is 0 Å². The molecule has 1 saturated heterocycles. The van der Waals surface area contributed by atoms with Crippen molar-refractivity contribution in [3.8, 4) is 0 Å². The predicted molar refractivity (Wildman–Crippen MR) is 78.3 cm³/mol. The molecule has 2 N–H and O–H groups in total. The summed E-state index contributed by atoms with van der Waals surface area (Å²) >= 11 is 0. The SMILES string of the molecule is COCCCNc1ncc(C(=O)NCC2CCCO2)cn1. The topological polar surface area (TPSA) is 85.4 Å². The number of aromatic nitrogens is 2. The van der Waals surface area contributed by atoms with E-state index in [1.165, 1.54) is 12.4 Å². The molecule has 7 nitrogen and oxygen atoms in total. The summed E-state index contributed by atoms with van der Waals surface area (Å²) in [5.41, 5.74) is 0.454. The normalized spacial score (nSPS) is 17.7. The first kappa shape index (κ1) is 15.7. The number of carbonyl (C=O) groups is 1. The molecule has 2 heterocycles. The largest absolute Gasteiger partial charge is 0.385 e. The minimum Gasteiger partial charge on any atom is -0.385 e. The molecule has 7 heteroatoms. The van der Waals surface area contributed by atoms with Gasteiger partial charge in [0.2, 0.25) is 5.95 Å². The second-order valence-corrected chi connectivity index (χ2v) is 4.91. The minimum atomic E-state index is -0.170. The molecular formula is C14H22N4O3. The lowest BCUT2D eigenvalue weighted by Gasteiger charge is -2.10. The van der Waals surface area contributed by atoms with Gasteiger partial charge in [-0.3, -0.25) is 4.79 Å². The zero-order chi connectivity index (χ0) is 14.9. The Hall–Kier alpha value is -1.73. The zero-order valence-corrected chi connectivity index (χ0v) is 12.3. The molecule has 0 radical (unpaired) electrons. The standard InChI is InChI=1S/C14H22N4O3/c1-20-6-3-5-15-14-17-8-11(9-18-14)13(19)16-10-12-4-2-7-21-12/h8-9,12H,2-7,10H2,1H3,(H,16,19)(H,15,17,18). The van der Waals surface area contributed by atoms with Gasteiger partial charge < -0.3 is 20.1 Å². The van der Waals surface area contributed by atoms with Crippen LogP contribution in [0, 0.1) is 0 Å². The second-order valence-electron chi connectivity index (χ2n) is 4.91. The molecule has 1 aromatic rings. The highest BCUT2D eigenvalue weighted by Crippen LogP contribution is 2.10. The van der Waals surface area contributed by atoms with Gasteiger partial charge in [0.25, 0.3) is 5.91 Å². The van der Waals surface area contributed by atoms with Gasteiger partial charge >= 0.3 is 0 Å². The maximum absolute atomic E-state index is 11.9. The van der Waals surface area contributed by atoms with Crippen LogP contribution in [0.4, 0.5) is 5.95 Å². The lowest BCUT2D eigenvalue weighted by molar-refractivity contribution is 0.0857. The van der Waals surface area contributed by atoms with Gasteiger partial charge in [-0.2, -0.15) is 0 Å². The van der Waals surface area contributed by atoms with Gasteiger partial charge in [-0.15, -0.1) is 0 Å². The van der Waals surface area contributed by atoms with E-state index >= 15 is 0 Å². The van der Waals surface area contributed by atoms with Crippen LogP contribution in [0.3, 0.4) is 0 Å². The Bertz CT molecular complexity index is 432. The molecule has 0 aliphatic carbocycles. The minimum absolute atomic E-state index is 0.136. The average molecular weight is 294 g/mol. The molecule has 1 fully saturated rings. The first-order chi connectivity index (χ1) is 10.3. The van der Waals surface area contributed by atoms with Crippen LogP contribution in [0.25, 0.3) is 0 Å². The first-order valence-electron chi connectivity index (χ1n) is 7.24. The third-order valence-electron chi connectivity index (χ3n) is 3.24. The molecule has 0 spiro atoms. The van der Waals surface area contributed by atoms with E-state index < -0.39 is 0 Å². The van der Waals surface area contributed by atoms with E-state index in [0.717, 1.165) is 32.4 Å². The van der Waals surface area contributed by atoms with Gasteiger partial charge in [-0.05, 0) is 19.3 Å². The second kappa shape index (κ2) is 8.53. The van der Waals surface area contributed by atoms with E-state index in [4.69, 9.17) is 9.47 Å². The Morgan fingerprint density at radius 1 is 1.48 bits per heavy atom. The van der Waals surface area contributed by atoms with Crippen molar-refractivity contribution in [1.82, 2.24) is 15.3 Å². The fraction of sp³-hybridized carbons (Fsp3) is 0.643. The van der Waals surface area contributed by atoms with Crippen molar-refractivity contribution in [2.45, 2.75) is 25.4 Å². The lowest BCUT2D eigenvalue weighted by atomic mass is 10.2. The van der Waals surface area contributed by atoms with Gasteiger partial charge in [-0.25, -0.2) is 9.97 Å². The average Bonchev–Trinajstić information content (AvgIpc) is 3.03. The van der Waals surface area contributed by atoms with Crippen LogP contribution < -0.4 is 10.6 Å². The van der Waals surface area contributed by atoms with E-state index in [-0.39, 0.29) is 12.0 Å². The number of methoxy groups -OCH3 is 1. The van der Waals surface area contributed by atoms with Crippen LogP contribution in [0.2, 0.25) is 0 Å². The molecule has 0 bridgehead atoms. The number of nitrogens with zero attached hydrogens (tertiary/aromatic N) is 2. The summed E-state index contributed by atoms with van der Waals surface area (Å²) in [4.78, 5) is 20.2. The zero-order valence-electron chi connectivity index (χ0n) is 12.3. The number of amides is 1. The quantitative estimate of drug-likeness (QED) is 0.691. The van der Waals surface area contributed by atoms with Crippen LogP contribution in [0.15, 0.2) is 12.4 Å². The fourth-order valence-electron chi connectivity index (χ4n) is 2.07. The highest BCUT2D eigenvalue weighted by atomic mass is 16.5. The van der Waals surface area contributed by atoms with Crippen LogP contribution in [-0.2, 0) is 9.47 Å². The van der Waals surface area contributed by atoms with Gasteiger partial charge in [0.15, 0.2) is 0 Å². The number of hydrogen-bond donors (Lipinski definition) is 2. The van der Waals surface area contributed by atoms with E-state index in [1.807, 2.05) is 0 Å². The summed E-state index contributed by atoms with van der Waals surface area (Å²) in [5.74, 6) is 0.346. The molecule has 1 unspecified atom stereocenters. The first-order valence-corrected chi connectivity index (χ1v) is 7.24. The van der Waals surface area contributed by atoms with Crippen molar-refractivity contribution < 1.29 is 14.3 Å². The summed E-state index contributed by atoms with van der Waals surface area (Å²) < 4.78 is 10.4. The number of ether oxygens (including phenoxy) is 2. The smallest absolute Gasteiger partial charge is 0.254 e. The molecule has 1 amide bonds. The van der Waals surface area contributed by atoms with Crippen molar-refractivity contribution in [2.75, 3.05) is 38.7 Å². The summed E-state index contributed by atoms with van der Waals surface area (Å²) in [6.45, 7) is 2.75. The summed E-state index contributed by atoms with van der Waals surface area (Å²) in [6.07, 6.45) is 6.13. The number of carbonyl (C=O) groups excluding carboxylic acids is 1. The number of rotatable bonds is 8. The summed E-state index contributed by atoms with van der Waals surface area (Å²) in [6, 6.07) is 0. The molecule has 1 aromatic heterocycles. The van der Waals surface area contributed by atoms with Crippen molar-refractivity contribution in [1.29, 1.82) is 0 Å². The third kappa shape index (κ3) is 5.28. The molecule has 1 aliphatic rings. The van der Waals surface area contributed by atoms with E-state index in [0.29, 0.717) is 24.7 Å². The van der Waals surface area contributed by atoms with Crippen molar-refractivity contribution in [3.63, 3.8) is 0 Å². The number of nitrogens with one attached hydrogen (secondary N) is 2. The van der Waals surface area contributed by atoms with Gasteiger partial charge in [0.1, 0.15) is 0 Å². The van der Waals surface area contributed by atoms with Gasteiger partial charge in [0, 0.05) is 45.8 Å². The Morgan fingerprint density at radius 3 is 2.95 bits per heavy atom. The highest BCUT2D eigenvalue weighted by Gasteiger charge is 2.16. The molecule has 1 atom stereocenters. The third-order valence-corrected chi connectivity index (χ3v) is 3.24. The highest BCUT2D eigenvalue weighted by molar-refractivity contribution is 5.93. The Morgan fingerprint density at radius 2 is 2.29 bits per heavy atom. The molecule has 21 heavy (non-hydrogen) atoms. The van der Waals surface area contributed by atoms with E-state index in [1.54, 1.807) is 7.11 Å². The number of hydrogen-bond acceptors (Lipinski definition) is 6. The number of anilines is 1. The monoisotopic (exact) mass is 294 g/mol. The van der Waals surface area contributed by atoms with Gasteiger partial charge in [0.05, 0.1) is 11.7 Å². The Labute approximate surface area is 124 Å². The molecule has 116 valence electrons. The van der Waals surface area contributed by atoms with E-state index in [9.17, 15) is 4.79 Å².